The highest BCUT2D eigenvalue weighted by atomic mass is 16.5. The van der Waals surface area contributed by atoms with Crippen LogP contribution >= 0.6 is 0 Å². The number of aryl methyl sites for hydroxylation is 1. The number of hydrogen-bond acceptors (Lipinski definition) is 2. The SMILES string of the molecule is COc1ccc(C)c(CC2CCNC2)c1. The lowest BCUT2D eigenvalue weighted by Gasteiger charge is -2.12. The lowest BCUT2D eigenvalue weighted by atomic mass is 9.95. The normalized spacial score (nSPS) is 20.5. The van der Waals surface area contributed by atoms with Crippen molar-refractivity contribution in [1.29, 1.82) is 0 Å². The summed E-state index contributed by atoms with van der Waals surface area (Å²) in [4.78, 5) is 0. The fourth-order valence-corrected chi connectivity index (χ4v) is 2.19. The zero-order valence-electron chi connectivity index (χ0n) is 9.55. The van der Waals surface area contributed by atoms with Gasteiger partial charge in [0.05, 0.1) is 7.11 Å². The number of benzene rings is 1. The monoisotopic (exact) mass is 205 g/mol. The zero-order valence-corrected chi connectivity index (χ0v) is 9.55. The van der Waals surface area contributed by atoms with Gasteiger partial charge in [0.15, 0.2) is 0 Å². The van der Waals surface area contributed by atoms with Crippen molar-refractivity contribution in [2.24, 2.45) is 5.92 Å². The first-order valence-corrected chi connectivity index (χ1v) is 5.64. The van der Waals surface area contributed by atoms with Crippen LogP contribution in [0.3, 0.4) is 0 Å². The Kier molecular flexibility index (Phi) is 3.27. The molecule has 1 N–H and O–H groups in total. The Bertz CT molecular complexity index is 329. The molecule has 0 aliphatic carbocycles. The van der Waals surface area contributed by atoms with E-state index in [9.17, 15) is 0 Å². The van der Waals surface area contributed by atoms with Crippen molar-refractivity contribution in [1.82, 2.24) is 5.32 Å². The van der Waals surface area contributed by atoms with Crippen molar-refractivity contribution < 1.29 is 4.74 Å². The van der Waals surface area contributed by atoms with E-state index in [4.69, 9.17) is 4.74 Å². The summed E-state index contributed by atoms with van der Waals surface area (Å²) < 4.78 is 5.26. The highest BCUT2D eigenvalue weighted by Crippen LogP contribution is 2.22. The molecular weight excluding hydrogens is 186 g/mol. The molecule has 0 saturated carbocycles. The maximum absolute atomic E-state index is 5.26. The lowest BCUT2D eigenvalue weighted by Crippen LogP contribution is -2.11. The van der Waals surface area contributed by atoms with Crippen LogP contribution in [-0.4, -0.2) is 20.2 Å². The van der Waals surface area contributed by atoms with Crippen LogP contribution in [0.15, 0.2) is 18.2 Å². The molecule has 1 aliphatic heterocycles. The minimum atomic E-state index is 0.802. The fourth-order valence-electron chi connectivity index (χ4n) is 2.19. The topological polar surface area (TPSA) is 21.3 Å². The largest absolute Gasteiger partial charge is 0.497 e. The van der Waals surface area contributed by atoms with Gasteiger partial charge in [0.2, 0.25) is 0 Å². The molecule has 1 atom stereocenters. The maximum Gasteiger partial charge on any atom is 0.119 e. The van der Waals surface area contributed by atoms with Crippen LogP contribution in [-0.2, 0) is 6.42 Å². The molecule has 1 aromatic carbocycles. The standard InChI is InChI=1S/C13H19NO/c1-10-3-4-13(15-2)8-12(10)7-11-5-6-14-9-11/h3-4,8,11,14H,5-7,9H2,1-2H3. The molecule has 0 amide bonds. The summed E-state index contributed by atoms with van der Waals surface area (Å²) in [5.41, 5.74) is 2.81. The number of nitrogens with one attached hydrogen (secondary N) is 1. The van der Waals surface area contributed by atoms with E-state index in [1.54, 1.807) is 7.11 Å². The van der Waals surface area contributed by atoms with E-state index in [1.807, 2.05) is 6.07 Å². The summed E-state index contributed by atoms with van der Waals surface area (Å²) >= 11 is 0. The quantitative estimate of drug-likeness (QED) is 0.816. The molecule has 15 heavy (non-hydrogen) atoms. The summed E-state index contributed by atoms with van der Waals surface area (Å²) in [6.45, 7) is 4.52. The Morgan fingerprint density at radius 1 is 1.47 bits per heavy atom. The van der Waals surface area contributed by atoms with Crippen LogP contribution in [0, 0.1) is 12.8 Å². The molecule has 0 aromatic heterocycles. The van der Waals surface area contributed by atoms with E-state index in [2.05, 4.69) is 24.4 Å². The van der Waals surface area contributed by atoms with Crippen LogP contribution in [0.4, 0.5) is 0 Å². The highest BCUT2D eigenvalue weighted by molar-refractivity contribution is 5.35. The lowest BCUT2D eigenvalue weighted by molar-refractivity contribution is 0.413. The molecule has 1 fully saturated rings. The number of methoxy groups -OCH3 is 1. The van der Waals surface area contributed by atoms with E-state index >= 15 is 0 Å². The van der Waals surface area contributed by atoms with Gasteiger partial charge in [-0.25, -0.2) is 0 Å². The first kappa shape index (κ1) is 10.5. The van der Waals surface area contributed by atoms with E-state index < -0.39 is 0 Å². The van der Waals surface area contributed by atoms with Crippen molar-refractivity contribution in [2.75, 3.05) is 20.2 Å². The van der Waals surface area contributed by atoms with Crippen LogP contribution in [0.2, 0.25) is 0 Å². The molecule has 0 bridgehead atoms. The molecule has 0 radical (unpaired) electrons. The Morgan fingerprint density at radius 3 is 3.00 bits per heavy atom. The van der Waals surface area contributed by atoms with Gasteiger partial charge >= 0.3 is 0 Å². The van der Waals surface area contributed by atoms with Crippen LogP contribution in [0.25, 0.3) is 0 Å². The molecule has 1 unspecified atom stereocenters. The number of hydrogen-bond donors (Lipinski definition) is 1. The third-order valence-corrected chi connectivity index (χ3v) is 3.23. The van der Waals surface area contributed by atoms with Crippen molar-refractivity contribution in [3.63, 3.8) is 0 Å². The van der Waals surface area contributed by atoms with Gasteiger partial charge in [-0.1, -0.05) is 6.07 Å². The Balaban J connectivity index is 2.11. The average Bonchev–Trinajstić information content (AvgIpc) is 2.74. The Morgan fingerprint density at radius 2 is 2.33 bits per heavy atom. The minimum Gasteiger partial charge on any atom is -0.497 e. The molecule has 2 rings (SSSR count). The average molecular weight is 205 g/mol. The summed E-state index contributed by atoms with van der Waals surface area (Å²) in [5, 5.41) is 3.41. The smallest absolute Gasteiger partial charge is 0.119 e. The van der Waals surface area contributed by atoms with E-state index in [0.29, 0.717) is 0 Å². The number of ether oxygens (including phenoxy) is 1. The summed E-state index contributed by atoms with van der Waals surface area (Å²) in [6.07, 6.45) is 2.48. The molecule has 2 nitrogen and oxygen atoms in total. The third-order valence-electron chi connectivity index (χ3n) is 3.23. The summed E-state index contributed by atoms with van der Waals surface area (Å²) in [5.74, 6) is 1.78. The second-order valence-electron chi connectivity index (χ2n) is 4.36. The van der Waals surface area contributed by atoms with Gasteiger partial charge in [0.25, 0.3) is 0 Å². The van der Waals surface area contributed by atoms with Crippen molar-refractivity contribution in [3.8, 4) is 5.75 Å². The molecule has 0 spiro atoms. The van der Waals surface area contributed by atoms with Crippen LogP contribution < -0.4 is 10.1 Å². The molecule has 1 heterocycles. The van der Waals surface area contributed by atoms with Gasteiger partial charge in [-0.3, -0.25) is 0 Å². The van der Waals surface area contributed by atoms with Gasteiger partial charge in [-0.05, 0) is 62.0 Å². The summed E-state index contributed by atoms with van der Waals surface area (Å²) in [6, 6.07) is 6.36. The van der Waals surface area contributed by atoms with E-state index in [0.717, 1.165) is 18.2 Å². The fraction of sp³-hybridized carbons (Fsp3) is 0.538. The van der Waals surface area contributed by atoms with Crippen LogP contribution in [0.5, 0.6) is 5.75 Å². The van der Waals surface area contributed by atoms with Crippen LogP contribution in [0.1, 0.15) is 17.5 Å². The molecular formula is C13H19NO. The van der Waals surface area contributed by atoms with Gasteiger partial charge in [0.1, 0.15) is 5.75 Å². The molecule has 1 aromatic rings. The van der Waals surface area contributed by atoms with Gasteiger partial charge < -0.3 is 10.1 Å². The van der Waals surface area contributed by atoms with Crippen molar-refractivity contribution in [2.45, 2.75) is 19.8 Å². The Hall–Kier alpha value is -1.02. The van der Waals surface area contributed by atoms with Gasteiger partial charge in [-0.15, -0.1) is 0 Å². The van der Waals surface area contributed by atoms with E-state index in [1.165, 1.54) is 30.5 Å². The van der Waals surface area contributed by atoms with Crippen molar-refractivity contribution >= 4 is 0 Å². The predicted octanol–water partition coefficient (Wildman–Crippen LogP) is 2.16. The van der Waals surface area contributed by atoms with Gasteiger partial charge in [0, 0.05) is 0 Å². The second-order valence-corrected chi connectivity index (χ2v) is 4.36. The summed E-state index contributed by atoms with van der Waals surface area (Å²) in [7, 11) is 1.73. The minimum absolute atomic E-state index is 0.802. The second kappa shape index (κ2) is 4.67. The zero-order chi connectivity index (χ0) is 10.7. The molecule has 1 aliphatic rings. The van der Waals surface area contributed by atoms with Crippen molar-refractivity contribution in [3.05, 3.63) is 29.3 Å². The third kappa shape index (κ3) is 2.51. The number of rotatable bonds is 3. The predicted molar refractivity (Wildman–Crippen MR) is 62.4 cm³/mol. The highest BCUT2D eigenvalue weighted by Gasteiger charge is 2.15. The first-order valence-electron chi connectivity index (χ1n) is 5.64. The first-order chi connectivity index (χ1) is 7.29. The van der Waals surface area contributed by atoms with Gasteiger partial charge in [-0.2, -0.15) is 0 Å². The molecule has 82 valence electrons. The molecule has 2 heteroatoms. The maximum atomic E-state index is 5.26. The Labute approximate surface area is 91.6 Å². The molecule has 1 saturated heterocycles. The van der Waals surface area contributed by atoms with E-state index in [-0.39, 0.29) is 0 Å².